The summed E-state index contributed by atoms with van der Waals surface area (Å²) < 4.78 is 0. The van der Waals surface area contributed by atoms with Crippen molar-refractivity contribution in [1.29, 1.82) is 0 Å². The lowest BCUT2D eigenvalue weighted by Crippen LogP contribution is -2.47. The summed E-state index contributed by atoms with van der Waals surface area (Å²) >= 11 is 0. The number of likely N-dealkylation sites (tertiary alicyclic amines) is 1. The van der Waals surface area contributed by atoms with Gasteiger partial charge in [0.05, 0.1) is 6.04 Å². The van der Waals surface area contributed by atoms with Crippen molar-refractivity contribution in [2.75, 3.05) is 38.1 Å². The molecule has 0 aliphatic carbocycles. The Bertz CT molecular complexity index is 511. The number of likely N-dealkylation sites (N-methyl/N-ethyl adjacent to an activating group) is 1. The van der Waals surface area contributed by atoms with E-state index in [-0.39, 0.29) is 6.04 Å². The summed E-state index contributed by atoms with van der Waals surface area (Å²) in [4.78, 5) is 19.3. The van der Waals surface area contributed by atoms with Gasteiger partial charge < -0.3 is 9.80 Å². The number of amides is 1. The Kier molecular flexibility index (Phi) is 4.15. The zero-order valence-corrected chi connectivity index (χ0v) is 13.1. The Morgan fingerprint density at radius 2 is 1.81 bits per heavy atom. The second-order valence-corrected chi connectivity index (χ2v) is 6.23. The molecule has 1 aromatic rings. The summed E-state index contributed by atoms with van der Waals surface area (Å²) in [5.41, 5.74) is 2.61. The molecule has 2 aliphatic heterocycles. The Morgan fingerprint density at radius 3 is 2.57 bits per heavy atom. The quantitative estimate of drug-likeness (QED) is 0.832. The molecule has 0 bridgehead atoms. The van der Waals surface area contributed by atoms with Gasteiger partial charge in [-0.3, -0.25) is 9.69 Å². The number of carbonyl (C=O) groups excluding carboxylic acids is 1. The summed E-state index contributed by atoms with van der Waals surface area (Å²) in [6.45, 7) is 6.71. The first kappa shape index (κ1) is 14.4. The van der Waals surface area contributed by atoms with Gasteiger partial charge in [0.1, 0.15) is 0 Å². The van der Waals surface area contributed by atoms with Crippen LogP contribution >= 0.6 is 0 Å². The van der Waals surface area contributed by atoms with E-state index in [2.05, 4.69) is 48.0 Å². The molecule has 0 spiro atoms. The number of benzene rings is 1. The number of carbonyl (C=O) groups is 1. The molecule has 114 valence electrons. The van der Waals surface area contributed by atoms with Gasteiger partial charge >= 0.3 is 0 Å². The van der Waals surface area contributed by atoms with Gasteiger partial charge in [0.2, 0.25) is 5.91 Å². The standard InChI is InChI=1S/C17H25N3O/c1-14(17(21)19-9-5-6-10-19)20-12-11-18(2)16-8-4-3-7-15(16)13-20/h3-4,7-8,14H,5-6,9-13H2,1-2H3/t14-/m1/s1. The van der Waals surface area contributed by atoms with Crippen LogP contribution in [0.4, 0.5) is 5.69 Å². The van der Waals surface area contributed by atoms with E-state index < -0.39 is 0 Å². The second-order valence-electron chi connectivity index (χ2n) is 6.23. The minimum absolute atomic E-state index is 0.0253. The molecule has 4 heteroatoms. The van der Waals surface area contributed by atoms with Gasteiger partial charge in [-0.15, -0.1) is 0 Å². The van der Waals surface area contributed by atoms with Gasteiger partial charge in [-0.25, -0.2) is 0 Å². The van der Waals surface area contributed by atoms with Crippen molar-refractivity contribution in [2.45, 2.75) is 32.4 Å². The van der Waals surface area contributed by atoms with E-state index >= 15 is 0 Å². The maximum atomic E-state index is 12.6. The summed E-state index contributed by atoms with van der Waals surface area (Å²) in [5.74, 6) is 0.300. The fourth-order valence-corrected chi connectivity index (χ4v) is 3.40. The minimum Gasteiger partial charge on any atom is -0.373 e. The first-order chi connectivity index (χ1) is 10.2. The first-order valence-electron chi connectivity index (χ1n) is 7.98. The van der Waals surface area contributed by atoms with E-state index in [1.807, 2.05) is 4.90 Å². The van der Waals surface area contributed by atoms with Crippen LogP contribution in [0.15, 0.2) is 24.3 Å². The van der Waals surface area contributed by atoms with Crippen LogP contribution in [0.3, 0.4) is 0 Å². The molecule has 0 N–H and O–H groups in total. The molecule has 0 aromatic heterocycles. The van der Waals surface area contributed by atoms with E-state index in [0.29, 0.717) is 5.91 Å². The molecule has 2 heterocycles. The molecule has 1 amide bonds. The van der Waals surface area contributed by atoms with E-state index in [1.54, 1.807) is 0 Å². The van der Waals surface area contributed by atoms with Crippen LogP contribution in [0.5, 0.6) is 0 Å². The number of anilines is 1. The highest BCUT2D eigenvalue weighted by atomic mass is 16.2. The van der Waals surface area contributed by atoms with Gasteiger partial charge in [0, 0.05) is 45.5 Å². The molecule has 2 aliphatic rings. The lowest BCUT2D eigenvalue weighted by atomic mass is 10.1. The molecule has 3 rings (SSSR count). The molecule has 0 unspecified atom stereocenters. The predicted octanol–water partition coefficient (Wildman–Crippen LogP) is 1.95. The first-order valence-corrected chi connectivity index (χ1v) is 7.98. The Balaban J connectivity index is 1.75. The molecule has 0 radical (unpaired) electrons. The Labute approximate surface area is 127 Å². The lowest BCUT2D eigenvalue weighted by molar-refractivity contribution is -0.135. The molecular formula is C17H25N3O. The smallest absolute Gasteiger partial charge is 0.239 e. The van der Waals surface area contributed by atoms with Crippen molar-refractivity contribution in [2.24, 2.45) is 0 Å². The highest BCUT2D eigenvalue weighted by Gasteiger charge is 2.29. The third-order valence-corrected chi connectivity index (χ3v) is 4.82. The number of nitrogens with zero attached hydrogens (tertiary/aromatic N) is 3. The summed E-state index contributed by atoms with van der Waals surface area (Å²) in [6, 6.07) is 8.50. The summed E-state index contributed by atoms with van der Waals surface area (Å²) in [6.07, 6.45) is 2.31. The SMILES string of the molecule is C[C@H](C(=O)N1CCCC1)N1CCN(C)c2ccccc2C1. The number of rotatable bonds is 2. The maximum Gasteiger partial charge on any atom is 0.239 e. The third kappa shape index (κ3) is 2.91. The monoisotopic (exact) mass is 287 g/mol. The fraction of sp³-hybridized carbons (Fsp3) is 0.588. The van der Waals surface area contributed by atoms with Gasteiger partial charge in [-0.05, 0) is 31.4 Å². The molecule has 0 saturated carbocycles. The van der Waals surface area contributed by atoms with Crippen LogP contribution in [-0.2, 0) is 11.3 Å². The molecule has 1 atom stereocenters. The van der Waals surface area contributed by atoms with Crippen LogP contribution in [0.2, 0.25) is 0 Å². The van der Waals surface area contributed by atoms with Crippen molar-refractivity contribution in [1.82, 2.24) is 9.80 Å². The lowest BCUT2D eigenvalue weighted by Gasteiger charge is -2.30. The normalized spacial score (nSPS) is 21.0. The van der Waals surface area contributed by atoms with Crippen molar-refractivity contribution in [3.05, 3.63) is 29.8 Å². The summed E-state index contributed by atoms with van der Waals surface area (Å²) in [5, 5.41) is 0. The molecular weight excluding hydrogens is 262 g/mol. The van der Waals surface area contributed by atoms with E-state index in [1.165, 1.54) is 11.3 Å². The zero-order chi connectivity index (χ0) is 14.8. The summed E-state index contributed by atoms with van der Waals surface area (Å²) in [7, 11) is 2.13. The Morgan fingerprint density at radius 1 is 1.10 bits per heavy atom. The minimum atomic E-state index is -0.0253. The number of hydrogen-bond donors (Lipinski definition) is 0. The van der Waals surface area contributed by atoms with Crippen LogP contribution in [0.25, 0.3) is 0 Å². The average molecular weight is 287 g/mol. The molecule has 1 saturated heterocycles. The molecule has 1 fully saturated rings. The van der Waals surface area contributed by atoms with Crippen molar-refractivity contribution < 1.29 is 4.79 Å². The number of hydrogen-bond acceptors (Lipinski definition) is 3. The Hall–Kier alpha value is -1.55. The van der Waals surface area contributed by atoms with Gasteiger partial charge in [-0.2, -0.15) is 0 Å². The average Bonchev–Trinajstić information content (AvgIpc) is 2.98. The predicted molar refractivity (Wildman–Crippen MR) is 85.4 cm³/mol. The van der Waals surface area contributed by atoms with E-state index in [9.17, 15) is 4.79 Å². The molecule has 1 aromatic carbocycles. The number of fused-ring (bicyclic) bond motifs is 1. The van der Waals surface area contributed by atoms with Crippen molar-refractivity contribution in [3.63, 3.8) is 0 Å². The highest BCUT2D eigenvalue weighted by Crippen LogP contribution is 2.25. The zero-order valence-electron chi connectivity index (χ0n) is 13.1. The van der Waals surface area contributed by atoms with Crippen molar-refractivity contribution >= 4 is 11.6 Å². The van der Waals surface area contributed by atoms with Crippen LogP contribution in [0, 0.1) is 0 Å². The largest absolute Gasteiger partial charge is 0.373 e. The van der Waals surface area contributed by atoms with E-state index in [4.69, 9.17) is 0 Å². The van der Waals surface area contributed by atoms with Crippen LogP contribution in [-0.4, -0.2) is 55.0 Å². The topological polar surface area (TPSA) is 26.8 Å². The van der Waals surface area contributed by atoms with Gasteiger partial charge in [-0.1, -0.05) is 18.2 Å². The van der Waals surface area contributed by atoms with Crippen LogP contribution < -0.4 is 4.90 Å². The van der Waals surface area contributed by atoms with Gasteiger partial charge in [0.25, 0.3) is 0 Å². The second kappa shape index (κ2) is 6.06. The van der Waals surface area contributed by atoms with E-state index in [0.717, 1.165) is 45.6 Å². The highest BCUT2D eigenvalue weighted by molar-refractivity contribution is 5.81. The van der Waals surface area contributed by atoms with Gasteiger partial charge in [0.15, 0.2) is 0 Å². The molecule has 21 heavy (non-hydrogen) atoms. The molecule has 4 nitrogen and oxygen atoms in total. The van der Waals surface area contributed by atoms with Crippen molar-refractivity contribution in [3.8, 4) is 0 Å². The number of para-hydroxylation sites is 1. The third-order valence-electron chi connectivity index (χ3n) is 4.82. The van der Waals surface area contributed by atoms with Crippen LogP contribution in [0.1, 0.15) is 25.3 Å². The maximum absolute atomic E-state index is 12.6. The fourth-order valence-electron chi connectivity index (χ4n) is 3.40.